The second-order valence-corrected chi connectivity index (χ2v) is 3.73. The van der Waals surface area contributed by atoms with Crippen LogP contribution in [0.2, 0.25) is 0 Å². The molecule has 0 radical (unpaired) electrons. The van der Waals surface area contributed by atoms with Crippen molar-refractivity contribution in [2.45, 2.75) is 27.2 Å². The molecule has 1 rings (SSSR count). The Balaban J connectivity index is 2.85. The summed E-state index contributed by atoms with van der Waals surface area (Å²) in [5.74, 6) is 0.316. The van der Waals surface area contributed by atoms with E-state index < -0.39 is 0 Å². The Morgan fingerprint density at radius 2 is 1.87 bits per heavy atom. The van der Waals surface area contributed by atoms with E-state index in [1.807, 2.05) is 56.0 Å². The van der Waals surface area contributed by atoms with E-state index in [1.165, 1.54) is 0 Å². The highest BCUT2D eigenvalue weighted by Crippen LogP contribution is 2.17. The third kappa shape index (κ3) is 2.82. The zero-order chi connectivity index (χ0) is 11.3. The molecule has 0 fully saturated rings. The lowest BCUT2D eigenvalue weighted by Crippen LogP contribution is -2.34. The molecule has 0 saturated carbocycles. The van der Waals surface area contributed by atoms with Gasteiger partial charge in [-0.25, -0.2) is 0 Å². The van der Waals surface area contributed by atoms with Gasteiger partial charge >= 0.3 is 0 Å². The number of carbonyl (C=O) groups excluding carboxylic acids is 1. The molecule has 0 aliphatic heterocycles. The number of para-hydroxylation sites is 1. The Bertz CT molecular complexity index is 308. The number of amides is 1. The number of rotatable bonds is 4. The topological polar surface area (TPSA) is 20.3 Å². The third-order valence-electron chi connectivity index (χ3n) is 2.68. The maximum atomic E-state index is 12.0. The van der Waals surface area contributed by atoms with Crippen LogP contribution in [0.1, 0.15) is 27.2 Å². The molecule has 82 valence electrons. The molecule has 1 amide bonds. The molecule has 1 unspecified atom stereocenters. The molecular weight excluding hydrogens is 186 g/mol. The zero-order valence-electron chi connectivity index (χ0n) is 9.73. The molecule has 2 heteroatoms. The van der Waals surface area contributed by atoms with Crippen LogP contribution in [0, 0.1) is 5.92 Å². The van der Waals surface area contributed by atoms with Gasteiger partial charge in [-0.3, -0.25) is 4.79 Å². The van der Waals surface area contributed by atoms with Crippen LogP contribution in [0.25, 0.3) is 0 Å². The second kappa shape index (κ2) is 5.54. The quantitative estimate of drug-likeness (QED) is 0.739. The number of anilines is 1. The van der Waals surface area contributed by atoms with Gasteiger partial charge in [-0.15, -0.1) is 0 Å². The molecular formula is C13H19NO. The standard InChI is InChI=1S/C13H19NO/c1-4-11(3)13(15)14(5-2)12-9-7-6-8-10-12/h6-11H,4-5H2,1-3H3. The summed E-state index contributed by atoms with van der Waals surface area (Å²) in [4.78, 5) is 13.9. The predicted octanol–water partition coefficient (Wildman–Crippen LogP) is 3.09. The summed E-state index contributed by atoms with van der Waals surface area (Å²) in [7, 11) is 0. The van der Waals surface area contributed by atoms with Crippen molar-refractivity contribution in [1.82, 2.24) is 0 Å². The van der Waals surface area contributed by atoms with Crippen LogP contribution in [-0.2, 0) is 4.79 Å². The van der Waals surface area contributed by atoms with Crippen molar-refractivity contribution in [1.29, 1.82) is 0 Å². The summed E-state index contributed by atoms with van der Waals surface area (Å²) in [5, 5.41) is 0. The van der Waals surface area contributed by atoms with Gasteiger partial charge in [0.05, 0.1) is 0 Å². The molecule has 1 aromatic rings. The lowest BCUT2D eigenvalue weighted by Gasteiger charge is -2.23. The molecule has 0 aromatic heterocycles. The number of hydrogen-bond acceptors (Lipinski definition) is 1. The van der Waals surface area contributed by atoms with E-state index in [9.17, 15) is 4.79 Å². The summed E-state index contributed by atoms with van der Waals surface area (Å²) in [6, 6.07) is 9.84. The first-order valence-corrected chi connectivity index (χ1v) is 5.57. The molecule has 0 heterocycles. The summed E-state index contributed by atoms with van der Waals surface area (Å²) in [5.41, 5.74) is 0.991. The Hall–Kier alpha value is -1.31. The Morgan fingerprint density at radius 1 is 1.27 bits per heavy atom. The molecule has 0 aliphatic rings. The van der Waals surface area contributed by atoms with Crippen molar-refractivity contribution >= 4 is 11.6 Å². The fourth-order valence-electron chi connectivity index (χ4n) is 1.51. The van der Waals surface area contributed by atoms with Gasteiger partial charge < -0.3 is 4.90 Å². The Kier molecular flexibility index (Phi) is 4.35. The highest BCUT2D eigenvalue weighted by atomic mass is 16.2. The van der Waals surface area contributed by atoms with Gasteiger partial charge in [-0.2, -0.15) is 0 Å². The minimum absolute atomic E-state index is 0.102. The maximum absolute atomic E-state index is 12.0. The fourth-order valence-corrected chi connectivity index (χ4v) is 1.51. The normalized spacial score (nSPS) is 12.2. The van der Waals surface area contributed by atoms with E-state index >= 15 is 0 Å². The van der Waals surface area contributed by atoms with Gasteiger partial charge in [-0.1, -0.05) is 32.0 Å². The zero-order valence-corrected chi connectivity index (χ0v) is 9.73. The molecule has 2 nitrogen and oxygen atoms in total. The highest BCUT2D eigenvalue weighted by Gasteiger charge is 2.18. The summed E-state index contributed by atoms with van der Waals surface area (Å²) < 4.78 is 0. The Morgan fingerprint density at radius 3 is 2.33 bits per heavy atom. The highest BCUT2D eigenvalue weighted by molar-refractivity contribution is 5.94. The minimum Gasteiger partial charge on any atom is -0.312 e. The van der Waals surface area contributed by atoms with E-state index in [-0.39, 0.29) is 11.8 Å². The van der Waals surface area contributed by atoms with Crippen LogP contribution < -0.4 is 4.90 Å². The second-order valence-electron chi connectivity index (χ2n) is 3.73. The molecule has 0 spiro atoms. The number of nitrogens with zero attached hydrogens (tertiary/aromatic N) is 1. The first-order valence-electron chi connectivity index (χ1n) is 5.57. The van der Waals surface area contributed by atoms with Crippen molar-refractivity contribution in [3.63, 3.8) is 0 Å². The minimum atomic E-state index is 0.102. The van der Waals surface area contributed by atoms with Gasteiger partial charge in [0.2, 0.25) is 5.91 Å². The van der Waals surface area contributed by atoms with Crippen LogP contribution in [0.4, 0.5) is 5.69 Å². The van der Waals surface area contributed by atoms with Gasteiger partial charge in [0, 0.05) is 18.2 Å². The van der Waals surface area contributed by atoms with Crippen molar-refractivity contribution in [2.24, 2.45) is 5.92 Å². The molecule has 0 N–H and O–H groups in total. The van der Waals surface area contributed by atoms with E-state index in [0.29, 0.717) is 0 Å². The number of carbonyl (C=O) groups is 1. The van der Waals surface area contributed by atoms with Crippen LogP contribution in [0.3, 0.4) is 0 Å². The van der Waals surface area contributed by atoms with Gasteiger partial charge in [0.25, 0.3) is 0 Å². The number of benzene rings is 1. The summed E-state index contributed by atoms with van der Waals surface area (Å²) in [6.07, 6.45) is 0.891. The van der Waals surface area contributed by atoms with Crippen LogP contribution in [0.5, 0.6) is 0 Å². The van der Waals surface area contributed by atoms with Crippen molar-refractivity contribution < 1.29 is 4.79 Å². The first kappa shape index (κ1) is 11.8. The molecule has 15 heavy (non-hydrogen) atoms. The monoisotopic (exact) mass is 205 g/mol. The van der Waals surface area contributed by atoms with E-state index in [2.05, 4.69) is 0 Å². The molecule has 1 atom stereocenters. The van der Waals surface area contributed by atoms with E-state index in [4.69, 9.17) is 0 Å². The van der Waals surface area contributed by atoms with Crippen molar-refractivity contribution in [3.05, 3.63) is 30.3 Å². The van der Waals surface area contributed by atoms with Crippen LogP contribution >= 0.6 is 0 Å². The van der Waals surface area contributed by atoms with Gasteiger partial charge in [0.1, 0.15) is 0 Å². The molecule has 1 aromatic carbocycles. The maximum Gasteiger partial charge on any atom is 0.229 e. The Labute approximate surface area is 91.9 Å². The van der Waals surface area contributed by atoms with Crippen LogP contribution in [-0.4, -0.2) is 12.5 Å². The lowest BCUT2D eigenvalue weighted by molar-refractivity contribution is -0.121. The predicted molar refractivity (Wildman–Crippen MR) is 63.9 cm³/mol. The summed E-state index contributed by atoms with van der Waals surface area (Å²) in [6.45, 7) is 6.76. The third-order valence-corrected chi connectivity index (χ3v) is 2.68. The summed E-state index contributed by atoms with van der Waals surface area (Å²) >= 11 is 0. The largest absolute Gasteiger partial charge is 0.312 e. The molecule has 0 aliphatic carbocycles. The average molecular weight is 205 g/mol. The van der Waals surface area contributed by atoms with Crippen molar-refractivity contribution in [2.75, 3.05) is 11.4 Å². The average Bonchev–Trinajstić information content (AvgIpc) is 2.30. The number of hydrogen-bond donors (Lipinski definition) is 0. The smallest absolute Gasteiger partial charge is 0.229 e. The molecule has 0 bridgehead atoms. The van der Waals surface area contributed by atoms with Gasteiger partial charge in [-0.05, 0) is 25.5 Å². The van der Waals surface area contributed by atoms with E-state index in [1.54, 1.807) is 0 Å². The van der Waals surface area contributed by atoms with Crippen molar-refractivity contribution in [3.8, 4) is 0 Å². The lowest BCUT2D eigenvalue weighted by atomic mass is 10.1. The van der Waals surface area contributed by atoms with Gasteiger partial charge in [0.15, 0.2) is 0 Å². The van der Waals surface area contributed by atoms with Crippen LogP contribution in [0.15, 0.2) is 30.3 Å². The first-order chi connectivity index (χ1) is 7.20. The molecule has 0 saturated heterocycles. The SMILES string of the molecule is CCC(C)C(=O)N(CC)c1ccccc1. The fraction of sp³-hybridized carbons (Fsp3) is 0.462. The van der Waals surface area contributed by atoms with E-state index in [0.717, 1.165) is 18.7 Å².